The van der Waals surface area contributed by atoms with Gasteiger partial charge in [0.25, 0.3) is 11.8 Å². The normalized spacial score (nSPS) is 10.4. The molecule has 0 aliphatic rings. The Labute approximate surface area is 153 Å². The smallest absolute Gasteiger partial charge is 0.291 e. The molecule has 0 aliphatic carbocycles. The number of halogens is 2. The highest BCUT2D eigenvalue weighted by molar-refractivity contribution is 6.31. The van der Waals surface area contributed by atoms with E-state index < -0.39 is 11.7 Å². The lowest BCUT2D eigenvalue weighted by molar-refractivity contribution is 0.0945. The lowest BCUT2D eigenvalue weighted by Gasteiger charge is -2.09. The van der Waals surface area contributed by atoms with Crippen LogP contribution >= 0.6 is 11.6 Å². The van der Waals surface area contributed by atoms with E-state index in [2.05, 4.69) is 10.6 Å². The molecule has 2 N–H and O–H groups in total. The van der Waals surface area contributed by atoms with E-state index in [1.165, 1.54) is 18.4 Å². The van der Waals surface area contributed by atoms with Crippen molar-refractivity contribution in [2.75, 3.05) is 5.32 Å². The van der Waals surface area contributed by atoms with Gasteiger partial charge in [-0.25, -0.2) is 4.39 Å². The first-order valence-electron chi connectivity index (χ1n) is 7.70. The Morgan fingerprint density at radius 2 is 1.88 bits per heavy atom. The second-order valence-corrected chi connectivity index (χ2v) is 5.88. The Morgan fingerprint density at radius 3 is 2.65 bits per heavy atom. The summed E-state index contributed by atoms with van der Waals surface area (Å²) in [7, 11) is 0. The Kier molecular flexibility index (Phi) is 5.34. The fraction of sp³-hybridized carbons (Fsp3) is 0.0526. The van der Waals surface area contributed by atoms with E-state index >= 15 is 0 Å². The molecule has 5 nitrogen and oxygen atoms in total. The molecule has 0 atom stereocenters. The number of rotatable bonds is 5. The van der Waals surface area contributed by atoms with E-state index in [1.807, 2.05) is 0 Å². The van der Waals surface area contributed by atoms with Crippen LogP contribution in [0.5, 0.6) is 0 Å². The van der Waals surface area contributed by atoms with Gasteiger partial charge in [-0.3, -0.25) is 9.59 Å². The van der Waals surface area contributed by atoms with Gasteiger partial charge in [-0.05, 0) is 48.0 Å². The van der Waals surface area contributed by atoms with Gasteiger partial charge in [-0.1, -0.05) is 23.7 Å². The molecule has 1 aromatic heterocycles. The third-order valence-electron chi connectivity index (χ3n) is 3.56. The monoisotopic (exact) mass is 372 g/mol. The molecule has 26 heavy (non-hydrogen) atoms. The topological polar surface area (TPSA) is 71.3 Å². The molecule has 3 aromatic rings. The second kappa shape index (κ2) is 7.84. The van der Waals surface area contributed by atoms with E-state index in [0.29, 0.717) is 5.69 Å². The van der Waals surface area contributed by atoms with E-state index in [9.17, 15) is 14.0 Å². The van der Waals surface area contributed by atoms with Crippen LogP contribution in [0.25, 0.3) is 0 Å². The van der Waals surface area contributed by atoms with Gasteiger partial charge in [-0.2, -0.15) is 0 Å². The number of hydrogen-bond donors (Lipinski definition) is 2. The van der Waals surface area contributed by atoms with Crippen molar-refractivity contribution in [1.82, 2.24) is 5.32 Å². The first kappa shape index (κ1) is 17.7. The van der Waals surface area contributed by atoms with Gasteiger partial charge in [0, 0.05) is 17.3 Å². The van der Waals surface area contributed by atoms with Crippen LogP contribution < -0.4 is 10.6 Å². The number of carbonyl (C=O) groups excluding carboxylic acids is 2. The van der Waals surface area contributed by atoms with Crippen molar-refractivity contribution in [2.24, 2.45) is 0 Å². The maximum absolute atomic E-state index is 13.7. The maximum Gasteiger partial charge on any atom is 0.291 e. The Bertz CT molecular complexity index is 942. The van der Waals surface area contributed by atoms with Gasteiger partial charge >= 0.3 is 0 Å². The summed E-state index contributed by atoms with van der Waals surface area (Å²) < 4.78 is 18.7. The minimum Gasteiger partial charge on any atom is -0.459 e. The van der Waals surface area contributed by atoms with Crippen molar-refractivity contribution >= 4 is 29.1 Å². The van der Waals surface area contributed by atoms with Gasteiger partial charge in [0.2, 0.25) is 0 Å². The summed E-state index contributed by atoms with van der Waals surface area (Å²) in [6.07, 6.45) is 1.41. The first-order chi connectivity index (χ1) is 12.5. The minimum atomic E-state index is -0.647. The fourth-order valence-corrected chi connectivity index (χ4v) is 2.48. The van der Waals surface area contributed by atoms with Crippen LogP contribution in [-0.2, 0) is 6.54 Å². The highest BCUT2D eigenvalue weighted by Gasteiger charge is 2.12. The van der Waals surface area contributed by atoms with Gasteiger partial charge in [0.1, 0.15) is 5.82 Å². The standard InChI is InChI=1S/C19H14ClFN2O3/c20-13-6-7-16(21)15(10-13)18(24)22-11-12-3-1-4-14(9-12)23-19(25)17-5-2-8-26-17/h1-10H,11H2,(H,22,24)(H,23,25). The molecular formula is C19H14ClFN2O3. The molecule has 2 aromatic carbocycles. The van der Waals surface area contributed by atoms with Crippen molar-refractivity contribution < 1.29 is 18.4 Å². The molecule has 0 saturated carbocycles. The van der Waals surface area contributed by atoms with Gasteiger partial charge < -0.3 is 15.1 Å². The lowest BCUT2D eigenvalue weighted by Crippen LogP contribution is -2.24. The second-order valence-electron chi connectivity index (χ2n) is 5.44. The van der Waals surface area contributed by atoms with Crippen LogP contribution in [0.15, 0.2) is 65.3 Å². The molecule has 0 bridgehead atoms. The Balaban J connectivity index is 1.64. The molecule has 0 aliphatic heterocycles. The zero-order valence-corrected chi connectivity index (χ0v) is 14.2. The number of furan rings is 1. The summed E-state index contributed by atoms with van der Waals surface area (Å²) in [6.45, 7) is 0.162. The van der Waals surface area contributed by atoms with E-state index in [-0.39, 0.29) is 28.8 Å². The van der Waals surface area contributed by atoms with Gasteiger partial charge in [-0.15, -0.1) is 0 Å². The molecule has 1 heterocycles. The summed E-state index contributed by atoms with van der Waals surface area (Å²) >= 11 is 5.80. The Hall–Kier alpha value is -3.12. The third-order valence-corrected chi connectivity index (χ3v) is 3.79. The number of carbonyl (C=O) groups is 2. The predicted octanol–water partition coefficient (Wildman–Crippen LogP) is 4.25. The molecule has 0 unspecified atom stereocenters. The fourth-order valence-electron chi connectivity index (χ4n) is 2.31. The maximum atomic E-state index is 13.7. The van der Waals surface area contributed by atoms with Gasteiger partial charge in [0.05, 0.1) is 11.8 Å². The number of benzene rings is 2. The average molecular weight is 373 g/mol. The average Bonchev–Trinajstić information content (AvgIpc) is 3.17. The van der Waals surface area contributed by atoms with Crippen LogP contribution in [0.1, 0.15) is 26.5 Å². The molecule has 2 amide bonds. The van der Waals surface area contributed by atoms with Crippen molar-refractivity contribution in [1.29, 1.82) is 0 Å². The van der Waals surface area contributed by atoms with Crippen LogP contribution in [-0.4, -0.2) is 11.8 Å². The number of amides is 2. The number of nitrogens with one attached hydrogen (secondary N) is 2. The SMILES string of the molecule is O=C(Nc1cccc(CNC(=O)c2cc(Cl)ccc2F)c1)c1ccco1. The summed E-state index contributed by atoms with van der Waals surface area (Å²) in [4.78, 5) is 24.1. The molecule has 0 spiro atoms. The third kappa shape index (κ3) is 4.29. The van der Waals surface area contributed by atoms with Crippen LogP contribution in [0.4, 0.5) is 10.1 Å². The minimum absolute atomic E-state index is 0.125. The molecule has 0 saturated heterocycles. The summed E-state index contributed by atoms with van der Waals surface area (Å²) in [5.74, 6) is -1.40. The first-order valence-corrected chi connectivity index (χ1v) is 8.08. The number of hydrogen-bond acceptors (Lipinski definition) is 3. The molecular weight excluding hydrogens is 359 g/mol. The molecule has 132 valence electrons. The van der Waals surface area contributed by atoms with E-state index in [0.717, 1.165) is 11.6 Å². The lowest BCUT2D eigenvalue weighted by atomic mass is 10.1. The highest BCUT2D eigenvalue weighted by atomic mass is 35.5. The van der Waals surface area contributed by atoms with E-state index in [4.69, 9.17) is 16.0 Å². The van der Waals surface area contributed by atoms with Crippen molar-refractivity contribution in [3.8, 4) is 0 Å². The molecule has 0 radical (unpaired) electrons. The molecule has 7 heteroatoms. The van der Waals surface area contributed by atoms with Gasteiger partial charge in [0.15, 0.2) is 5.76 Å². The molecule has 3 rings (SSSR count). The predicted molar refractivity (Wildman–Crippen MR) is 95.7 cm³/mol. The van der Waals surface area contributed by atoms with Crippen LogP contribution in [0, 0.1) is 5.82 Å². The van der Waals surface area contributed by atoms with Crippen molar-refractivity contribution in [3.63, 3.8) is 0 Å². The van der Waals surface area contributed by atoms with Crippen molar-refractivity contribution in [3.05, 3.63) is 88.6 Å². The number of anilines is 1. The Morgan fingerprint density at radius 1 is 1.04 bits per heavy atom. The summed E-state index contributed by atoms with van der Waals surface area (Å²) in [5, 5.41) is 5.60. The molecule has 0 fully saturated rings. The van der Waals surface area contributed by atoms with Crippen LogP contribution in [0.3, 0.4) is 0 Å². The quantitative estimate of drug-likeness (QED) is 0.703. The summed E-state index contributed by atoms with van der Waals surface area (Å²) in [6, 6.07) is 13.9. The van der Waals surface area contributed by atoms with Crippen LogP contribution in [0.2, 0.25) is 5.02 Å². The van der Waals surface area contributed by atoms with Crippen molar-refractivity contribution in [2.45, 2.75) is 6.54 Å². The highest BCUT2D eigenvalue weighted by Crippen LogP contribution is 2.16. The zero-order valence-electron chi connectivity index (χ0n) is 13.5. The zero-order chi connectivity index (χ0) is 18.5. The largest absolute Gasteiger partial charge is 0.459 e. The van der Waals surface area contributed by atoms with E-state index in [1.54, 1.807) is 36.4 Å². The summed E-state index contributed by atoms with van der Waals surface area (Å²) in [5.41, 5.74) is 1.16.